The van der Waals surface area contributed by atoms with Crippen LogP contribution in [0.4, 0.5) is 10.5 Å². The molecule has 0 aromatic heterocycles. The van der Waals surface area contributed by atoms with E-state index in [1.807, 2.05) is 30.3 Å². The van der Waals surface area contributed by atoms with Crippen molar-refractivity contribution in [2.45, 2.75) is 6.92 Å². The molecular weight excluding hydrogens is 556 g/mol. The molecule has 0 bridgehead atoms. The summed E-state index contributed by atoms with van der Waals surface area (Å²) in [4.78, 5) is 51.0. The molecule has 1 heterocycles. The third kappa shape index (κ3) is 7.64. The number of carbonyl (C=O) groups excluding carboxylic acids is 4. The lowest BCUT2D eigenvalue weighted by molar-refractivity contribution is -0.127. The van der Waals surface area contributed by atoms with Gasteiger partial charge < -0.3 is 19.5 Å². The number of carbonyl (C=O) groups is 4. The van der Waals surface area contributed by atoms with Gasteiger partial charge in [0, 0.05) is 5.69 Å². The fourth-order valence-corrected chi connectivity index (χ4v) is 4.63. The highest BCUT2D eigenvalue weighted by molar-refractivity contribution is 8.18. The number of nitrogens with one attached hydrogen (secondary N) is 1. The average Bonchev–Trinajstić information content (AvgIpc) is 3.20. The summed E-state index contributed by atoms with van der Waals surface area (Å²) in [6.45, 7) is 2.08. The van der Waals surface area contributed by atoms with Crippen LogP contribution in [0.3, 0.4) is 0 Å². The number of nitrogens with zero attached hydrogens (tertiary/aromatic N) is 1. The first-order valence-corrected chi connectivity index (χ1v) is 13.5. The minimum absolute atomic E-state index is 0.0901. The molecule has 40 heavy (non-hydrogen) atoms. The van der Waals surface area contributed by atoms with Crippen LogP contribution >= 0.6 is 23.4 Å². The summed E-state index contributed by atoms with van der Waals surface area (Å²) in [5.41, 5.74) is 1.05. The maximum Gasteiger partial charge on any atom is 0.339 e. The van der Waals surface area contributed by atoms with Crippen LogP contribution in [0.25, 0.3) is 6.08 Å². The molecular formula is C29H25ClN2O7S. The van der Waals surface area contributed by atoms with Gasteiger partial charge in [-0.2, -0.15) is 0 Å². The summed E-state index contributed by atoms with van der Waals surface area (Å²) < 4.78 is 16.2. The summed E-state index contributed by atoms with van der Waals surface area (Å²) in [5, 5.41) is 2.18. The van der Waals surface area contributed by atoms with E-state index in [1.165, 1.54) is 18.2 Å². The predicted octanol–water partition coefficient (Wildman–Crippen LogP) is 5.65. The van der Waals surface area contributed by atoms with Gasteiger partial charge in [-0.15, -0.1) is 0 Å². The third-order valence-corrected chi connectivity index (χ3v) is 6.70. The van der Waals surface area contributed by atoms with Crippen LogP contribution in [0.1, 0.15) is 22.8 Å². The van der Waals surface area contributed by atoms with Gasteiger partial charge in [0.05, 0.1) is 22.1 Å². The van der Waals surface area contributed by atoms with Gasteiger partial charge >= 0.3 is 5.97 Å². The van der Waals surface area contributed by atoms with Crippen LogP contribution in [-0.2, 0) is 14.3 Å². The highest BCUT2D eigenvalue weighted by atomic mass is 35.5. The van der Waals surface area contributed by atoms with Crippen LogP contribution in [0.15, 0.2) is 77.7 Å². The maximum atomic E-state index is 12.8. The molecule has 206 valence electrons. The second-order valence-electron chi connectivity index (χ2n) is 8.31. The molecule has 0 saturated carbocycles. The van der Waals surface area contributed by atoms with Crippen molar-refractivity contribution in [3.05, 3.63) is 93.9 Å². The van der Waals surface area contributed by atoms with Crippen LogP contribution in [-0.4, -0.2) is 54.3 Å². The van der Waals surface area contributed by atoms with Gasteiger partial charge in [-0.25, -0.2) is 4.79 Å². The Morgan fingerprint density at radius 1 is 0.950 bits per heavy atom. The van der Waals surface area contributed by atoms with Crippen molar-refractivity contribution in [2.75, 3.05) is 31.7 Å². The van der Waals surface area contributed by atoms with Crippen molar-refractivity contribution in [1.82, 2.24) is 4.90 Å². The van der Waals surface area contributed by atoms with E-state index in [1.54, 1.807) is 37.3 Å². The average molecular weight is 581 g/mol. The zero-order valence-electron chi connectivity index (χ0n) is 21.4. The number of rotatable bonds is 11. The number of halogens is 1. The Balaban J connectivity index is 1.30. The molecule has 0 unspecified atom stereocenters. The van der Waals surface area contributed by atoms with E-state index in [9.17, 15) is 19.2 Å². The van der Waals surface area contributed by atoms with Gasteiger partial charge in [0.2, 0.25) is 5.91 Å². The first-order chi connectivity index (χ1) is 19.3. The molecule has 0 spiro atoms. The van der Waals surface area contributed by atoms with E-state index >= 15 is 0 Å². The second kappa shape index (κ2) is 13.7. The van der Waals surface area contributed by atoms with Crippen molar-refractivity contribution in [3.63, 3.8) is 0 Å². The normalized spacial score (nSPS) is 13.8. The number of hydrogen-bond donors (Lipinski definition) is 1. The zero-order chi connectivity index (χ0) is 28.5. The van der Waals surface area contributed by atoms with Crippen LogP contribution < -0.4 is 14.8 Å². The number of benzene rings is 3. The van der Waals surface area contributed by atoms with Crippen molar-refractivity contribution < 1.29 is 33.4 Å². The van der Waals surface area contributed by atoms with Gasteiger partial charge in [-0.05, 0) is 72.8 Å². The van der Waals surface area contributed by atoms with E-state index in [-0.39, 0.29) is 27.8 Å². The Kier molecular flexibility index (Phi) is 9.82. The second-order valence-corrected chi connectivity index (χ2v) is 9.71. The standard InChI is InChI=1S/C29H25ClN2O7S/c1-2-37-28(35)23-17-20(10-13-24(23)30)31-26(33)18-32-27(34)25(40-29(32)36)16-19-8-11-22(12-9-19)39-15-14-38-21-6-4-3-5-7-21/h3-13,16-17H,2,14-15,18H2,1H3,(H,31,33)/b25-16+. The number of ether oxygens (including phenoxy) is 3. The number of thioether (sulfide) groups is 1. The highest BCUT2D eigenvalue weighted by Gasteiger charge is 2.36. The SMILES string of the molecule is CCOC(=O)c1cc(NC(=O)CN2C(=O)S/C(=C/c3ccc(OCCOc4ccccc4)cc3)C2=O)ccc1Cl. The summed E-state index contributed by atoms with van der Waals surface area (Å²) in [6.07, 6.45) is 1.58. The summed E-state index contributed by atoms with van der Waals surface area (Å²) in [5.74, 6) is -0.422. The van der Waals surface area contributed by atoms with Gasteiger partial charge in [-0.3, -0.25) is 19.3 Å². The fourth-order valence-electron chi connectivity index (χ4n) is 3.60. The molecule has 3 aromatic rings. The summed E-state index contributed by atoms with van der Waals surface area (Å²) in [7, 11) is 0. The molecule has 0 atom stereocenters. The smallest absolute Gasteiger partial charge is 0.339 e. The van der Waals surface area contributed by atoms with Crippen LogP contribution in [0.5, 0.6) is 11.5 Å². The molecule has 1 N–H and O–H groups in total. The van der Waals surface area contributed by atoms with Crippen molar-refractivity contribution >= 4 is 58.1 Å². The maximum absolute atomic E-state index is 12.8. The predicted molar refractivity (Wildman–Crippen MR) is 153 cm³/mol. The van der Waals surface area contributed by atoms with Crippen molar-refractivity contribution in [2.24, 2.45) is 0 Å². The molecule has 0 aliphatic carbocycles. The lowest BCUT2D eigenvalue weighted by Crippen LogP contribution is -2.36. The molecule has 11 heteroatoms. The Hall–Kier alpha value is -4.28. The van der Waals surface area contributed by atoms with Crippen LogP contribution in [0, 0.1) is 0 Å². The Morgan fingerprint density at radius 2 is 1.62 bits per heavy atom. The zero-order valence-corrected chi connectivity index (χ0v) is 23.0. The van der Waals surface area contributed by atoms with E-state index in [2.05, 4.69) is 5.32 Å². The molecule has 9 nitrogen and oxygen atoms in total. The van der Waals surface area contributed by atoms with Gasteiger partial charge in [-0.1, -0.05) is 41.9 Å². The van der Waals surface area contributed by atoms with Gasteiger partial charge in [0.1, 0.15) is 31.3 Å². The molecule has 0 radical (unpaired) electrons. The first-order valence-electron chi connectivity index (χ1n) is 12.3. The number of hydrogen-bond acceptors (Lipinski definition) is 8. The van der Waals surface area contributed by atoms with E-state index in [0.717, 1.165) is 22.4 Å². The van der Waals surface area contributed by atoms with Crippen molar-refractivity contribution in [3.8, 4) is 11.5 Å². The number of para-hydroxylation sites is 1. The quantitative estimate of drug-likeness (QED) is 0.176. The van der Waals surface area contributed by atoms with E-state index in [4.69, 9.17) is 25.8 Å². The number of esters is 1. The van der Waals surface area contributed by atoms with Gasteiger partial charge in [0.15, 0.2) is 0 Å². The minimum atomic E-state index is -0.628. The minimum Gasteiger partial charge on any atom is -0.490 e. The molecule has 3 amide bonds. The summed E-state index contributed by atoms with van der Waals surface area (Å²) in [6, 6.07) is 20.8. The van der Waals surface area contributed by atoms with Crippen LogP contribution in [0.2, 0.25) is 5.02 Å². The number of amides is 3. The Labute approximate surface area is 240 Å². The lowest BCUT2D eigenvalue weighted by Gasteiger charge is -2.13. The Bertz CT molecular complexity index is 1430. The Morgan fingerprint density at radius 3 is 2.30 bits per heavy atom. The molecule has 4 rings (SSSR count). The van der Waals surface area contributed by atoms with E-state index < -0.39 is 29.6 Å². The molecule has 1 aliphatic rings. The van der Waals surface area contributed by atoms with Crippen molar-refractivity contribution in [1.29, 1.82) is 0 Å². The lowest BCUT2D eigenvalue weighted by atomic mass is 10.2. The van der Waals surface area contributed by atoms with Gasteiger partial charge in [0.25, 0.3) is 11.1 Å². The summed E-state index contributed by atoms with van der Waals surface area (Å²) >= 11 is 6.80. The molecule has 3 aromatic carbocycles. The first kappa shape index (κ1) is 28.7. The van der Waals surface area contributed by atoms with E-state index in [0.29, 0.717) is 24.5 Å². The number of imide groups is 1. The highest BCUT2D eigenvalue weighted by Crippen LogP contribution is 2.32. The molecule has 1 saturated heterocycles. The molecule has 1 aliphatic heterocycles. The topological polar surface area (TPSA) is 111 Å². The number of anilines is 1. The largest absolute Gasteiger partial charge is 0.490 e. The molecule has 1 fully saturated rings. The monoisotopic (exact) mass is 580 g/mol. The fraction of sp³-hybridized carbons (Fsp3) is 0.172. The third-order valence-electron chi connectivity index (χ3n) is 5.46.